The van der Waals surface area contributed by atoms with Crippen LogP contribution >= 0.6 is 0 Å². The topological polar surface area (TPSA) is 86.4 Å². The van der Waals surface area contributed by atoms with Crippen molar-refractivity contribution in [3.63, 3.8) is 0 Å². The van der Waals surface area contributed by atoms with Gasteiger partial charge in [0.1, 0.15) is 24.2 Å². The van der Waals surface area contributed by atoms with Crippen molar-refractivity contribution in [2.75, 3.05) is 26.4 Å². The lowest BCUT2D eigenvalue weighted by Gasteiger charge is -2.29. The second kappa shape index (κ2) is 15.2. The van der Waals surface area contributed by atoms with E-state index in [2.05, 4.69) is 39.8 Å². The van der Waals surface area contributed by atoms with Gasteiger partial charge in [0.25, 0.3) is 0 Å². The Bertz CT molecular complexity index is 993. The van der Waals surface area contributed by atoms with Gasteiger partial charge < -0.3 is 18.9 Å². The fourth-order valence-electron chi connectivity index (χ4n) is 5.13. The Labute approximate surface area is 235 Å². The van der Waals surface area contributed by atoms with Crippen LogP contribution in [0.1, 0.15) is 87.5 Å². The Morgan fingerprint density at radius 3 is 1.46 bits per heavy atom. The van der Waals surface area contributed by atoms with Crippen LogP contribution in [-0.4, -0.2) is 74.2 Å². The molecule has 0 aromatic heterocycles. The Kier molecular flexibility index (Phi) is 12.1. The van der Waals surface area contributed by atoms with Crippen molar-refractivity contribution in [3.05, 3.63) is 23.3 Å². The highest BCUT2D eigenvalue weighted by Gasteiger charge is 2.33. The van der Waals surface area contributed by atoms with E-state index in [0.717, 1.165) is 55.7 Å². The molecule has 218 valence electrons. The summed E-state index contributed by atoms with van der Waals surface area (Å²) in [4.78, 5) is 19.9. The number of hydrogen-bond donors (Lipinski definition) is 0. The summed E-state index contributed by atoms with van der Waals surface area (Å²) in [5.41, 5.74) is 2.69. The van der Waals surface area contributed by atoms with Crippen molar-refractivity contribution in [3.8, 4) is 0 Å². The highest BCUT2D eigenvalue weighted by Crippen LogP contribution is 2.30. The van der Waals surface area contributed by atoms with Crippen molar-refractivity contribution in [1.29, 1.82) is 0 Å². The summed E-state index contributed by atoms with van der Waals surface area (Å²) in [6, 6.07) is -0.441. The lowest BCUT2D eigenvalue weighted by atomic mass is 9.90. The summed E-state index contributed by atoms with van der Waals surface area (Å²) in [6.07, 6.45) is 8.89. The molecule has 3 rings (SSSR count). The summed E-state index contributed by atoms with van der Waals surface area (Å²) in [5.74, 6) is 3.73. The first kappa shape index (κ1) is 30.9. The van der Waals surface area contributed by atoms with Gasteiger partial charge in [0.2, 0.25) is 23.6 Å². The molecule has 39 heavy (non-hydrogen) atoms. The summed E-state index contributed by atoms with van der Waals surface area (Å²) in [7, 11) is 0. The van der Waals surface area contributed by atoms with Crippen molar-refractivity contribution in [1.82, 2.24) is 0 Å². The first-order valence-corrected chi connectivity index (χ1v) is 15.0. The Balaban J connectivity index is 1.75. The van der Waals surface area contributed by atoms with Gasteiger partial charge in [-0.05, 0) is 58.8 Å². The van der Waals surface area contributed by atoms with Crippen LogP contribution in [0.25, 0.3) is 0 Å². The van der Waals surface area contributed by atoms with Crippen LogP contribution in [0, 0.1) is 11.8 Å². The number of rotatable bonds is 11. The molecule has 0 N–H and O–H groups in total. The van der Waals surface area contributed by atoms with E-state index in [0.29, 0.717) is 38.3 Å². The van der Waals surface area contributed by atoms with Crippen LogP contribution in [0.4, 0.5) is 0 Å². The average Bonchev–Trinajstić information content (AvgIpc) is 2.89. The molecule has 1 aliphatic carbocycles. The molecule has 0 aromatic rings. The molecule has 0 spiro atoms. The molecule has 8 heteroatoms. The van der Waals surface area contributed by atoms with E-state index in [1.54, 1.807) is 0 Å². The molecule has 0 amide bonds. The molecule has 1 unspecified atom stereocenters. The van der Waals surface area contributed by atoms with Crippen LogP contribution in [-0.2, 0) is 18.9 Å². The fourth-order valence-corrected chi connectivity index (χ4v) is 5.13. The Hall–Kier alpha value is -2.64. The molecule has 4 atom stereocenters. The van der Waals surface area contributed by atoms with E-state index in [1.165, 1.54) is 11.1 Å². The molecule has 8 nitrogen and oxygen atoms in total. The number of nitrogens with zero attached hydrogens (tertiary/aromatic N) is 4. The van der Waals surface area contributed by atoms with E-state index < -0.39 is 0 Å². The quantitative estimate of drug-likeness (QED) is 0.304. The molecule has 0 aromatic carbocycles. The van der Waals surface area contributed by atoms with E-state index in [4.69, 9.17) is 38.9 Å². The summed E-state index contributed by atoms with van der Waals surface area (Å²) < 4.78 is 23.8. The minimum Gasteiger partial charge on any atom is -0.480 e. The Morgan fingerprint density at radius 2 is 1.03 bits per heavy atom. The molecule has 0 saturated carbocycles. The van der Waals surface area contributed by atoms with Crippen molar-refractivity contribution in [2.45, 2.75) is 112 Å². The van der Waals surface area contributed by atoms with Gasteiger partial charge in [-0.2, -0.15) is 0 Å². The molecule has 0 bridgehead atoms. The van der Waals surface area contributed by atoms with Crippen LogP contribution < -0.4 is 0 Å². The lowest BCUT2D eigenvalue weighted by Crippen LogP contribution is -2.38. The van der Waals surface area contributed by atoms with Gasteiger partial charge in [-0.3, -0.25) is 0 Å². The average molecular weight is 543 g/mol. The number of allylic oxidation sites excluding steroid dienone is 2. The minimum atomic E-state index is -0.144. The van der Waals surface area contributed by atoms with E-state index >= 15 is 0 Å². The summed E-state index contributed by atoms with van der Waals surface area (Å²) >= 11 is 0. The van der Waals surface area contributed by atoms with Gasteiger partial charge in [0.15, 0.2) is 0 Å². The maximum atomic E-state index is 5.98. The largest absolute Gasteiger partial charge is 0.480 e. The standard InChI is InChI=1S/C31H50N4O4/c1-9-36-28-24(17-20(5)6)32-29(37-10-2)25(33-28)18-22-13-15-23(16-14-22)19-26-30(38-11-3)35-27(21(7)8)31(34-26)39-12-4/h13,15,20-21,24-27H,9-12,14,16-19H2,1-8H3/t24-,25+,26+,27?/m0/s1. The first-order chi connectivity index (χ1) is 18.8. The third kappa shape index (κ3) is 8.67. The Morgan fingerprint density at radius 1 is 0.615 bits per heavy atom. The molecule has 0 radical (unpaired) electrons. The lowest BCUT2D eigenvalue weighted by molar-refractivity contribution is 0.275. The van der Waals surface area contributed by atoms with E-state index in [-0.39, 0.29) is 24.2 Å². The van der Waals surface area contributed by atoms with Gasteiger partial charge in [0, 0.05) is 12.8 Å². The third-order valence-corrected chi connectivity index (χ3v) is 6.95. The zero-order valence-electron chi connectivity index (χ0n) is 25.4. The van der Waals surface area contributed by atoms with Crippen molar-refractivity contribution >= 4 is 23.6 Å². The second-order valence-corrected chi connectivity index (χ2v) is 11.0. The van der Waals surface area contributed by atoms with Crippen molar-refractivity contribution < 1.29 is 18.9 Å². The van der Waals surface area contributed by atoms with Crippen LogP contribution in [0.15, 0.2) is 43.3 Å². The van der Waals surface area contributed by atoms with Gasteiger partial charge >= 0.3 is 0 Å². The van der Waals surface area contributed by atoms with Crippen LogP contribution in [0.2, 0.25) is 0 Å². The molecule has 2 aliphatic heterocycles. The summed E-state index contributed by atoms with van der Waals surface area (Å²) in [6.45, 7) is 19.0. The monoisotopic (exact) mass is 542 g/mol. The van der Waals surface area contributed by atoms with Gasteiger partial charge in [-0.25, -0.2) is 20.0 Å². The maximum Gasteiger partial charge on any atom is 0.210 e. The molecule has 0 fully saturated rings. The molecule has 0 saturated heterocycles. The number of hydrogen-bond acceptors (Lipinski definition) is 8. The molecular formula is C31H50N4O4. The van der Waals surface area contributed by atoms with Gasteiger partial charge in [-0.15, -0.1) is 0 Å². The zero-order chi connectivity index (χ0) is 28.4. The van der Waals surface area contributed by atoms with Gasteiger partial charge in [-0.1, -0.05) is 51.0 Å². The summed E-state index contributed by atoms with van der Waals surface area (Å²) in [5, 5.41) is 0. The number of ether oxygens (including phenoxy) is 4. The fraction of sp³-hybridized carbons (Fsp3) is 0.742. The number of aliphatic imine (C=N–C) groups is 4. The molecular weight excluding hydrogens is 492 g/mol. The smallest absolute Gasteiger partial charge is 0.210 e. The minimum absolute atomic E-state index is 0.0660. The molecule has 2 heterocycles. The van der Waals surface area contributed by atoms with E-state index in [9.17, 15) is 0 Å². The SMILES string of the molecule is CCOC1=N[C@H](CC2=CC=C(C[C@H]3N=C(OCC)[C@H](CC(C)C)N=C3OCC)CC2)C(OCC)=NC1C(C)C. The molecule has 3 aliphatic rings. The van der Waals surface area contributed by atoms with Crippen molar-refractivity contribution in [2.24, 2.45) is 31.8 Å². The van der Waals surface area contributed by atoms with Crippen LogP contribution in [0.5, 0.6) is 0 Å². The van der Waals surface area contributed by atoms with Crippen LogP contribution in [0.3, 0.4) is 0 Å². The predicted octanol–water partition coefficient (Wildman–Crippen LogP) is 6.36. The normalized spacial score (nSPS) is 25.3. The third-order valence-electron chi connectivity index (χ3n) is 6.95. The second-order valence-electron chi connectivity index (χ2n) is 11.0. The van der Waals surface area contributed by atoms with Gasteiger partial charge in [0.05, 0.1) is 26.4 Å². The maximum absolute atomic E-state index is 5.98. The predicted molar refractivity (Wildman–Crippen MR) is 160 cm³/mol. The zero-order valence-corrected chi connectivity index (χ0v) is 25.4. The first-order valence-electron chi connectivity index (χ1n) is 15.0. The highest BCUT2D eigenvalue weighted by atomic mass is 16.5. The van der Waals surface area contributed by atoms with E-state index in [1.807, 2.05) is 27.7 Å². The highest BCUT2D eigenvalue weighted by molar-refractivity contribution is 5.95.